The van der Waals surface area contributed by atoms with Gasteiger partial charge in [-0.1, -0.05) is 32.0 Å². The molecule has 27 heavy (non-hydrogen) atoms. The molecule has 4 aliphatic rings. The van der Waals surface area contributed by atoms with Crippen LogP contribution < -0.4 is 10.1 Å². The highest BCUT2D eigenvalue weighted by Gasteiger charge is 2.59. The van der Waals surface area contributed by atoms with Crippen LogP contribution in [-0.4, -0.2) is 5.54 Å². The van der Waals surface area contributed by atoms with Gasteiger partial charge >= 0.3 is 0 Å². The maximum Gasteiger partial charge on any atom is 0.122 e. The second-order valence-electron chi connectivity index (χ2n) is 10.3. The van der Waals surface area contributed by atoms with Crippen molar-refractivity contribution < 1.29 is 4.74 Å². The average molecular weight is 382 g/mol. The van der Waals surface area contributed by atoms with Gasteiger partial charge in [0.15, 0.2) is 0 Å². The molecule has 6 rings (SSSR count). The van der Waals surface area contributed by atoms with E-state index >= 15 is 0 Å². The van der Waals surface area contributed by atoms with Gasteiger partial charge in [-0.25, -0.2) is 0 Å². The van der Waals surface area contributed by atoms with Gasteiger partial charge in [-0.05, 0) is 84.4 Å². The first-order valence-electron chi connectivity index (χ1n) is 10.4. The standard InChI is InChI=1S/C24H31NOS/c1-22-10-19-11-23(2,15-22)17-24(12-19,16-22)25-13-18-5-7-20(8-6-18)26-14-21-4-3-9-27-21/h3-9,19,25H,10-17H2,1-2H3/t19?,22-,23+,24?. The van der Waals surface area contributed by atoms with E-state index in [9.17, 15) is 0 Å². The highest BCUT2D eigenvalue weighted by atomic mass is 32.1. The molecule has 144 valence electrons. The molecule has 4 saturated carbocycles. The third-order valence-electron chi connectivity index (χ3n) is 7.18. The smallest absolute Gasteiger partial charge is 0.122 e. The molecule has 4 bridgehead atoms. The van der Waals surface area contributed by atoms with Crippen molar-refractivity contribution in [3.05, 3.63) is 52.2 Å². The molecular formula is C24H31NOS. The maximum atomic E-state index is 5.90. The number of rotatable bonds is 6. The lowest BCUT2D eigenvalue weighted by molar-refractivity contribution is -0.118. The van der Waals surface area contributed by atoms with E-state index in [2.05, 4.69) is 60.9 Å². The van der Waals surface area contributed by atoms with Crippen LogP contribution in [0.3, 0.4) is 0 Å². The quantitative estimate of drug-likeness (QED) is 0.646. The van der Waals surface area contributed by atoms with E-state index in [4.69, 9.17) is 4.74 Å². The maximum absolute atomic E-state index is 5.90. The molecule has 1 aromatic carbocycles. The zero-order valence-corrected chi connectivity index (χ0v) is 17.4. The minimum Gasteiger partial charge on any atom is -0.488 e. The Morgan fingerprint density at radius 1 is 1.00 bits per heavy atom. The van der Waals surface area contributed by atoms with E-state index in [1.807, 2.05) is 0 Å². The van der Waals surface area contributed by atoms with Crippen LogP contribution in [0, 0.1) is 16.7 Å². The molecule has 4 fully saturated rings. The van der Waals surface area contributed by atoms with Gasteiger partial charge in [-0.15, -0.1) is 11.3 Å². The highest BCUT2D eigenvalue weighted by Crippen LogP contribution is 2.66. The summed E-state index contributed by atoms with van der Waals surface area (Å²) in [5.41, 5.74) is 2.88. The second-order valence-corrected chi connectivity index (χ2v) is 11.3. The molecule has 1 heterocycles. The summed E-state index contributed by atoms with van der Waals surface area (Å²) in [4.78, 5) is 1.27. The molecule has 0 radical (unpaired) electrons. The number of thiophene rings is 1. The molecule has 0 spiro atoms. The van der Waals surface area contributed by atoms with Gasteiger partial charge in [0.05, 0.1) is 0 Å². The van der Waals surface area contributed by atoms with Crippen LogP contribution in [0.15, 0.2) is 41.8 Å². The fourth-order valence-electron chi connectivity index (χ4n) is 7.19. The molecule has 2 unspecified atom stereocenters. The third kappa shape index (κ3) is 3.56. The SMILES string of the molecule is C[C@]12CC3CC(NCc4ccc(OCc5cccs5)cc4)(C1)C[C@@](C)(C3)C2. The van der Waals surface area contributed by atoms with E-state index in [0.717, 1.165) is 18.2 Å². The molecule has 0 aliphatic heterocycles. The summed E-state index contributed by atoms with van der Waals surface area (Å²) in [5, 5.41) is 6.12. The van der Waals surface area contributed by atoms with E-state index in [0.29, 0.717) is 23.0 Å². The Balaban J connectivity index is 1.21. The summed E-state index contributed by atoms with van der Waals surface area (Å²) in [6.45, 7) is 6.73. The normalized spacial score (nSPS) is 36.9. The van der Waals surface area contributed by atoms with E-state index in [1.54, 1.807) is 11.3 Å². The fourth-order valence-corrected chi connectivity index (χ4v) is 7.80. The van der Waals surface area contributed by atoms with Crippen LogP contribution in [0.5, 0.6) is 5.75 Å². The van der Waals surface area contributed by atoms with Crippen LogP contribution >= 0.6 is 11.3 Å². The Bertz CT molecular complexity index is 778. The Morgan fingerprint density at radius 2 is 1.74 bits per heavy atom. The van der Waals surface area contributed by atoms with Crippen molar-refractivity contribution in [1.29, 1.82) is 0 Å². The zero-order valence-electron chi connectivity index (χ0n) is 16.6. The highest BCUT2D eigenvalue weighted by molar-refractivity contribution is 7.09. The lowest BCUT2D eigenvalue weighted by atomic mass is 9.43. The van der Waals surface area contributed by atoms with E-state index < -0.39 is 0 Å². The first-order valence-corrected chi connectivity index (χ1v) is 11.3. The number of hydrogen-bond donors (Lipinski definition) is 1. The summed E-state index contributed by atoms with van der Waals surface area (Å²) in [6.07, 6.45) is 8.49. The molecule has 4 aliphatic carbocycles. The number of nitrogens with one attached hydrogen (secondary N) is 1. The first kappa shape index (κ1) is 17.8. The summed E-state index contributed by atoms with van der Waals surface area (Å²) in [5.74, 6) is 1.90. The minimum atomic E-state index is 0.372. The Morgan fingerprint density at radius 3 is 2.37 bits per heavy atom. The molecule has 1 N–H and O–H groups in total. The van der Waals surface area contributed by atoms with Gasteiger partial charge in [0.25, 0.3) is 0 Å². The number of benzene rings is 1. The lowest BCUT2D eigenvalue weighted by Crippen LogP contribution is -2.63. The molecular weight excluding hydrogens is 350 g/mol. The minimum absolute atomic E-state index is 0.372. The van der Waals surface area contributed by atoms with Gasteiger partial charge in [-0.2, -0.15) is 0 Å². The Hall–Kier alpha value is -1.32. The first-order chi connectivity index (χ1) is 12.9. The van der Waals surface area contributed by atoms with Crippen LogP contribution in [-0.2, 0) is 13.2 Å². The number of ether oxygens (including phenoxy) is 1. The average Bonchev–Trinajstić information content (AvgIpc) is 3.09. The molecule has 3 heteroatoms. The predicted octanol–water partition coefficient (Wildman–Crippen LogP) is 6.17. The van der Waals surface area contributed by atoms with Crippen molar-refractivity contribution in [1.82, 2.24) is 5.32 Å². The van der Waals surface area contributed by atoms with Crippen LogP contribution in [0.25, 0.3) is 0 Å². The largest absolute Gasteiger partial charge is 0.488 e. The van der Waals surface area contributed by atoms with E-state index in [1.165, 1.54) is 49.0 Å². The molecule has 0 saturated heterocycles. The summed E-state index contributed by atoms with van der Waals surface area (Å²) in [7, 11) is 0. The van der Waals surface area contributed by atoms with Crippen molar-refractivity contribution in [2.24, 2.45) is 16.7 Å². The van der Waals surface area contributed by atoms with Gasteiger partial charge in [0.1, 0.15) is 12.4 Å². The summed E-state index contributed by atoms with van der Waals surface area (Å²) >= 11 is 1.74. The van der Waals surface area contributed by atoms with Gasteiger partial charge in [0.2, 0.25) is 0 Å². The Labute approximate surface area is 167 Å². The number of hydrogen-bond acceptors (Lipinski definition) is 3. The van der Waals surface area contributed by atoms with Crippen LogP contribution in [0.2, 0.25) is 0 Å². The van der Waals surface area contributed by atoms with Crippen molar-refractivity contribution in [3.63, 3.8) is 0 Å². The second kappa shape index (κ2) is 6.35. The predicted molar refractivity (Wildman–Crippen MR) is 112 cm³/mol. The van der Waals surface area contributed by atoms with E-state index in [-0.39, 0.29) is 0 Å². The van der Waals surface area contributed by atoms with Crippen molar-refractivity contribution >= 4 is 11.3 Å². The zero-order chi connectivity index (χ0) is 18.5. The molecule has 2 nitrogen and oxygen atoms in total. The van der Waals surface area contributed by atoms with Crippen LogP contribution in [0.1, 0.15) is 62.8 Å². The van der Waals surface area contributed by atoms with Crippen molar-refractivity contribution in [3.8, 4) is 5.75 Å². The Kier molecular flexibility index (Phi) is 4.18. The lowest BCUT2D eigenvalue weighted by Gasteiger charge is -2.65. The van der Waals surface area contributed by atoms with Gasteiger partial charge < -0.3 is 10.1 Å². The monoisotopic (exact) mass is 381 g/mol. The molecule has 4 atom stereocenters. The third-order valence-corrected chi connectivity index (χ3v) is 8.03. The fraction of sp³-hybridized carbons (Fsp3) is 0.583. The summed E-state index contributed by atoms with van der Waals surface area (Å²) < 4.78 is 5.90. The molecule has 1 aromatic heterocycles. The van der Waals surface area contributed by atoms with Crippen molar-refractivity contribution in [2.45, 2.75) is 71.1 Å². The molecule has 0 amide bonds. The van der Waals surface area contributed by atoms with Crippen LogP contribution in [0.4, 0.5) is 0 Å². The van der Waals surface area contributed by atoms with Gasteiger partial charge in [0, 0.05) is 17.0 Å². The topological polar surface area (TPSA) is 21.3 Å². The van der Waals surface area contributed by atoms with Gasteiger partial charge in [-0.3, -0.25) is 0 Å². The summed E-state index contributed by atoms with van der Waals surface area (Å²) in [6, 6.07) is 12.9. The molecule has 2 aromatic rings. The van der Waals surface area contributed by atoms with Crippen molar-refractivity contribution in [2.75, 3.05) is 0 Å².